The normalized spacial score (nSPS) is 16.4. The lowest BCUT2D eigenvalue weighted by Crippen LogP contribution is -2.63. The number of carbonyl (C=O) groups is 2. The maximum Gasteiger partial charge on any atom is 0.409 e. The maximum absolute atomic E-state index is 12.7. The summed E-state index contributed by atoms with van der Waals surface area (Å²) >= 11 is 7.34. The Morgan fingerprint density at radius 2 is 1.65 bits per heavy atom. The van der Waals surface area contributed by atoms with Crippen molar-refractivity contribution < 1.29 is 19.4 Å². The van der Waals surface area contributed by atoms with E-state index in [9.17, 15) is 14.7 Å². The van der Waals surface area contributed by atoms with Gasteiger partial charge in [0, 0.05) is 30.3 Å². The number of amides is 1. The highest BCUT2D eigenvalue weighted by Crippen LogP contribution is 2.45. The van der Waals surface area contributed by atoms with Crippen LogP contribution < -0.4 is 0 Å². The first-order valence-corrected chi connectivity index (χ1v) is 11.2. The Bertz CT molecular complexity index is 1120. The maximum atomic E-state index is 12.7. The summed E-state index contributed by atoms with van der Waals surface area (Å²) in [5, 5.41) is 9.77. The molecule has 1 aliphatic carbocycles. The van der Waals surface area contributed by atoms with Gasteiger partial charge in [0.05, 0.1) is 4.34 Å². The first kappa shape index (κ1) is 20.1. The molecule has 31 heavy (non-hydrogen) atoms. The van der Waals surface area contributed by atoms with Gasteiger partial charge in [-0.3, -0.25) is 4.79 Å². The lowest BCUT2D eigenvalue weighted by molar-refractivity contribution is -0.158. The summed E-state index contributed by atoms with van der Waals surface area (Å²) in [7, 11) is 0. The number of nitrogens with zero attached hydrogens (tertiary/aromatic N) is 1. The van der Waals surface area contributed by atoms with Crippen molar-refractivity contribution in [2.45, 2.75) is 12.3 Å². The predicted octanol–water partition coefficient (Wildman–Crippen LogP) is 5.28. The number of hydrogen-bond donors (Lipinski definition) is 1. The molecule has 5 rings (SSSR count). The van der Waals surface area contributed by atoms with Gasteiger partial charge in [-0.2, -0.15) is 0 Å². The van der Waals surface area contributed by atoms with Crippen LogP contribution in [0.5, 0.6) is 0 Å². The average molecular weight is 454 g/mol. The monoisotopic (exact) mass is 453 g/mol. The molecule has 1 saturated heterocycles. The molecule has 2 aromatic carbocycles. The molecule has 3 aromatic rings. The zero-order valence-electron chi connectivity index (χ0n) is 16.6. The highest BCUT2D eigenvalue weighted by molar-refractivity contribution is 7.16. The van der Waals surface area contributed by atoms with Crippen LogP contribution in [-0.2, 0) is 16.0 Å². The van der Waals surface area contributed by atoms with Gasteiger partial charge in [0.1, 0.15) is 12.0 Å². The SMILES string of the molecule is O=C(OCC1c2ccccc2-c2ccccc21)N1CC(Cc2ccc(Cl)s2)(C(=O)O)C1. The lowest BCUT2D eigenvalue weighted by atomic mass is 9.76. The summed E-state index contributed by atoms with van der Waals surface area (Å²) in [5.41, 5.74) is 3.65. The highest BCUT2D eigenvalue weighted by Gasteiger charge is 2.52. The lowest BCUT2D eigenvalue weighted by Gasteiger charge is -2.46. The molecule has 7 heteroatoms. The van der Waals surface area contributed by atoms with Crippen LogP contribution in [-0.4, -0.2) is 41.8 Å². The number of carbonyl (C=O) groups excluding carboxylic acids is 1. The van der Waals surface area contributed by atoms with Crippen LogP contribution in [0.2, 0.25) is 4.34 Å². The fourth-order valence-electron chi connectivity index (χ4n) is 4.60. The van der Waals surface area contributed by atoms with Gasteiger partial charge in [0.15, 0.2) is 0 Å². The van der Waals surface area contributed by atoms with Crippen LogP contribution in [0, 0.1) is 5.41 Å². The van der Waals surface area contributed by atoms with E-state index in [0.717, 1.165) is 16.0 Å². The van der Waals surface area contributed by atoms with Crippen molar-refractivity contribution in [2.75, 3.05) is 19.7 Å². The van der Waals surface area contributed by atoms with E-state index in [2.05, 4.69) is 24.3 Å². The molecule has 0 radical (unpaired) electrons. The number of hydrogen-bond acceptors (Lipinski definition) is 4. The molecule has 5 nitrogen and oxygen atoms in total. The number of halogens is 1. The van der Waals surface area contributed by atoms with Gasteiger partial charge in [-0.05, 0) is 34.4 Å². The van der Waals surface area contributed by atoms with Gasteiger partial charge >= 0.3 is 12.1 Å². The number of likely N-dealkylation sites (tertiary alicyclic amines) is 1. The number of rotatable bonds is 5. The number of ether oxygens (including phenoxy) is 1. The van der Waals surface area contributed by atoms with E-state index in [1.807, 2.05) is 30.3 Å². The van der Waals surface area contributed by atoms with Gasteiger partial charge in [-0.1, -0.05) is 60.1 Å². The number of fused-ring (bicyclic) bond motifs is 3. The van der Waals surface area contributed by atoms with E-state index in [1.165, 1.54) is 27.4 Å². The minimum absolute atomic E-state index is 0.0184. The largest absolute Gasteiger partial charge is 0.481 e. The smallest absolute Gasteiger partial charge is 0.409 e. The van der Waals surface area contributed by atoms with Crippen molar-refractivity contribution in [2.24, 2.45) is 5.41 Å². The minimum Gasteiger partial charge on any atom is -0.481 e. The second-order valence-electron chi connectivity index (χ2n) is 8.13. The number of aliphatic carboxylic acids is 1. The second-order valence-corrected chi connectivity index (χ2v) is 9.93. The molecule has 0 saturated carbocycles. The third kappa shape index (κ3) is 3.50. The van der Waals surface area contributed by atoms with Crippen molar-refractivity contribution in [1.82, 2.24) is 4.90 Å². The Kier molecular flexibility index (Phi) is 4.99. The first-order valence-electron chi connectivity index (χ1n) is 10.0. The van der Waals surface area contributed by atoms with Gasteiger partial charge in [0.25, 0.3) is 0 Å². The molecule has 0 atom stereocenters. The fourth-order valence-corrected chi connectivity index (χ4v) is 5.83. The summed E-state index contributed by atoms with van der Waals surface area (Å²) in [5.74, 6) is -0.921. The Morgan fingerprint density at radius 3 is 2.19 bits per heavy atom. The van der Waals surface area contributed by atoms with Crippen LogP contribution in [0.4, 0.5) is 4.79 Å². The predicted molar refractivity (Wildman–Crippen MR) is 120 cm³/mol. The summed E-state index contributed by atoms with van der Waals surface area (Å²) in [6, 6.07) is 19.9. The molecule has 0 bridgehead atoms. The Balaban J connectivity index is 1.25. The number of carboxylic acid groups (broad SMARTS) is 1. The van der Waals surface area contributed by atoms with Crippen molar-refractivity contribution in [3.8, 4) is 11.1 Å². The molecule has 1 aliphatic heterocycles. The molecule has 0 unspecified atom stereocenters. The molecule has 158 valence electrons. The Hall–Kier alpha value is -2.83. The molecule has 1 fully saturated rings. The third-order valence-corrected chi connectivity index (χ3v) is 7.41. The minimum atomic E-state index is -0.986. The van der Waals surface area contributed by atoms with Gasteiger partial charge in [-0.25, -0.2) is 4.79 Å². The number of thiophene rings is 1. The Morgan fingerprint density at radius 1 is 1.03 bits per heavy atom. The molecule has 1 aromatic heterocycles. The number of carboxylic acids is 1. The van der Waals surface area contributed by atoms with Crippen molar-refractivity contribution in [1.29, 1.82) is 0 Å². The van der Waals surface area contributed by atoms with Crippen LogP contribution in [0.3, 0.4) is 0 Å². The van der Waals surface area contributed by atoms with Crippen molar-refractivity contribution in [3.05, 3.63) is 81.0 Å². The molecule has 1 N–H and O–H groups in total. The summed E-state index contributed by atoms with van der Waals surface area (Å²) < 4.78 is 6.27. The van der Waals surface area contributed by atoms with Crippen LogP contribution in [0.1, 0.15) is 21.9 Å². The van der Waals surface area contributed by atoms with Crippen LogP contribution >= 0.6 is 22.9 Å². The second kappa shape index (κ2) is 7.70. The Labute approximate surface area is 188 Å². The molecular weight excluding hydrogens is 434 g/mol. The summed E-state index contributed by atoms with van der Waals surface area (Å²) in [6.45, 7) is 0.493. The van der Waals surface area contributed by atoms with Crippen molar-refractivity contribution in [3.63, 3.8) is 0 Å². The molecule has 2 aliphatic rings. The first-order chi connectivity index (χ1) is 15.0. The molecule has 2 heterocycles. The van der Waals surface area contributed by atoms with E-state index < -0.39 is 17.5 Å². The van der Waals surface area contributed by atoms with E-state index >= 15 is 0 Å². The molecule has 1 amide bonds. The topological polar surface area (TPSA) is 66.8 Å². The average Bonchev–Trinajstić information content (AvgIpc) is 3.29. The summed E-state index contributed by atoms with van der Waals surface area (Å²) in [4.78, 5) is 27.0. The number of benzene rings is 2. The van der Waals surface area contributed by atoms with Crippen LogP contribution in [0.25, 0.3) is 11.1 Å². The summed E-state index contributed by atoms with van der Waals surface area (Å²) in [6.07, 6.45) is -0.115. The standard InChI is InChI=1S/C24H20ClNO4S/c25-21-10-9-15(31-21)11-24(22(27)28)13-26(14-24)23(29)30-12-20-18-7-3-1-5-16(18)17-6-2-4-8-19(17)20/h1-10,20H,11-14H2,(H,27,28). The zero-order chi connectivity index (χ0) is 21.6. The third-order valence-electron chi connectivity index (χ3n) is 6.18. The molecule has 0 spiro atoms. The van der Waals surface area contributed by atoms with Crippen LogP contribution in [0.15, 0.2) is 60.7 Å². The van der Waals surface area contributed by atoms with Gasteiger partial charge < -0.3 is 14.7 Å². The zero-order valence-corrected chi connectivity index (χ0v) is 18.2. The van der Waals surface area contributed by atoms with E-state index in [1.54, 1.807) is 6.07 Å². The molecular formula is C24H20ClNO4S. The highest BCUT2D eigenvalue weighted by atomic mass is 35.5. The van der Waals surface area contributed by atoms with Crippen molar-refractivity contribution >= 4 is 35.0 Å². The van der Waals surface area contributed by atoms with E-state index in [4.69, 9.17) is 16.3 Å². The quantitative estimate of drug-likeness (QED) is 0.570. The van der Waals surface area contributed by atoms with E-state index in [-0.39, 0.29) is 25.6 Å². The van der Waals surface area contributed by atoms with Gasteiger partial charge in [-0.15, -0.1) is 11.3 Å². The van der Waals surface area contributed by atoms with E-state index in [0.29, 0.717) is 10.8 Å². The van der Waals surface area contributed by atoms with Gasteiger partial charge in [0.2, 0.25) is 0 Å². The fraction of sp³-hybridized carbons (Fsp3) is 0.250.